The number of furan rings is 1. The highest BCUT2D eigenvalue weighted by molar-refractivity contribution is 6.30. The number of rotatable bonds is 3. The first kappa shape index (κ1) is 14.7. The minimum absolute atomic E-state index is 0.167. The van der Waals surface area contributed by atoms with Crippen molar-refractivity contribution in [1.82, 2.24) is 10.2 Å². The third kappa shape index (κ3) is 2.37. The lowest BCUT2D eigenvalue weighted by molar-refractivity contribution is -0.132. The molecule has 1 atom stereocenters. The minimum Gasteiger partial charge on any atom is -0.463 e. The van der Waals surface area contributed by atoms with Gasteiger partial charge in [-0.3, -0.25) is 9.69 Å². The van der Waals surface area contributed by atoms with Crippen LogP contribution >= 0.6 is 11.6 Å². The van der Waals surface area contributed by atoms with Gasteiger partial charge in [-0.1, -0.05) is 23.7 Å². The summed E-state index contributed by atoms with van der Waals surface area (Å²) in [6.45, 7) is 3.60. The lowest BCUT2D eigenvalue weighted by Gasteiger charge is -2.19. The van der Waals surface area contributed by atoms with Crippen LogP contribution in [0.1, 0.15) is 24.0 Å². The highest BCUT2D eigenvalue weighted by Crippen LogP contribution is 2.31. The second-order valence-corrected chi connectivity index (χ2v) is 5.92. The van der Waals surface area contributed by atoms with Gasteiger partial charge in [-0.15, -0.1) is 0 Å². The van der Waals surface area contributed by atoms with Gasteiger partial charge in [0, 0.05) is 5.02 Å². The first-order valence-corrected chi connectivity index (χ1v) is 7.23. The molecule has 1 aromatic carbocycles. The van der Waals surface area contributed by atoms with E-state index in [-0.39, 0.29) is 12.5 Å². The number of halogens is 1. The molecule has 0 bridgehead atoms. The molecule has 1 fully saturated rings. The lowest BCUT2D eigenvalue weighted by atomic mass is 9.99. The summed E-state index contributed by atoms with van der Waals surface area (Å²) in [5.41, 5.74) is -0.389. The van der Waals surface area contributed by atoms with Crippen LogP contribution in [0.3, 0.4) is 0 Å². The normalized spacial score (nSPS) is 21.3. The Labute approximate surface area is 132 Å². The standard InChI is InChI=1S/C16H15ClN2O3/c1-10-6-7-13(22-10)16(2)14(20)19(15(21)18-16)9-11-4-3-5-12(17)8-11/h3-8H,9H2,1-2H3,(H,18,21)/t16-/m1/s1. The van der Waals surface area contributed by atoms with Crippen molar-refractivity contribution in [1.29, 1.82) is 0 Å². The first-order valence-electron chi connectivity index (χ1n) is 6.85. The molecule has 5 nitrogen and oxygen atoms in total. The van der Waals surface area contributed by atoms with E-state index in [1.165, 1.54) is 4.90 Å². The van der Waals surface area contributed by atoms with Crippen molar-refractivity contribution in [3.63, 3.8) is 0 Å². The summed E-state index contributed by atoms with van der Waals surface area (Å²) in [7, 11) is 0. The SMILES string of the molecule is Cc1ccc([C@@]2(C)NC(=O)N(Cc3cccc(Cl)c3)C2=O)o1. The summed E-state index contributed by atoms with van der Waals surface area (Å²) in [6.07, 6.45) is 0. The second kappa shape index (κ2) is 5.18. The van der Waals surface area contributed by atoms with Crippen molar-refractivity contribution in [3.05, 3.63) is 58.5 Å². The number of benzene rings is 1. The Kier molecular flexibility index (Phi) is 3.45. The number of imide groups is 1. The fourth-order valence-electron chi connectivity index (χ4n) is 2.53. The van der Waals surface area contributed by atoms with Crippen LogP contribution in [0.2, 0.25) is 5.02 Å². The molecule has 1 N–H and O–H groups in total. The average Bonchev–Trinajstić information content (AvgIpc) is 2.98. The smallest absolute Gasteiger partial charge is 0.325 e. The van der Waals surface area contributed by atoms with Gasteiger partial charge in [-0.2, -0.15) is 0 Å². The van der Waals surface area contributed by atoms with Crippen molar-refractivity contribution in [2.24, 2.45) is 0 Å². The Balaban J connectivity index is 1.88. The van der Waals surface area contributed by atoms with E-state index in [1.54, 1.807) is 44.2 Å². The van der Waals surface area contributed by atoms with Gasteiger partial charge in [0.05, 0.1) is 6.54 Å². The van der Waals surface area contributed by atoms with Crippen molar-refractivity contribution in [3.8, 4) is 0 Å². The summed E-state index contributed by atoms with van der Waals surface area (Å²) in [5.74, 6) is 0.773. The van der Waals surface area contributed by atoms with E-state index in [0.717, 1.165) is 5.56 Å². The van der Waals surface area contributed by atoms with E-state index in [9.17, 15) is 9.59 Å². The Morgan fingerprint density at radius 2 is 2.05 bits per heavy atom. The Bertz CT molecular complexity index is 755. The third-order valence-corrected chi connectivity index (χ3v) is 3.97. The molecule has 1 saturated heterocycles. The van der Waals surface area contributed by atoms with Gasteiger partial charge in [0.25, 0.3) is 5.91 Å². The maximum atomic E-state index is 12.7. The fraction of sp³-hybridized carbons (Fsp3) is 0.250. The largest absolute Gasteiger partial charge is 0.463 e. The molecule has 0 aliphatic carbocycles. The Hall–Kier alpha value is -2.27. The summed E-state index contributed by atoms with van der Waals surface area (Å²) in [5, 5.41) is 3.27. The van der Waals surface area contributed by atoms with E-state index in [2.05, 4.69) is 5.32 Å². The first-order chi connectivity index (χ1) is 10.4. The topological polar surface area (TPSA) is 62.6 Å². The Morgan fingerprint density at radius 1 is 1.27 bits per heavy atom. The highest BCUT2D eigenvalue weighted by Gasteiger charge is 2.50. The van der Waals surface area contributed by atoms with Crippen LogP contribution in [0.4, 0.5) is 4.79 Å². The predicted octanol–water partition coefficient (Wildman–Crippen LogP) is 3.21. The van der Waals surface area contributed by atoms with Crippen LogP contribution in [0.5, 0.6) is 0 Å². The van der Waals surface area contributed by atoms with Crippen LogP contribution < -0.4 is 5.32 Å². The molecule has 0 spiro atoms. The van der Waals surface area contributed by atoms with E-state index in [1.807, 2.05) is 6.07 Å². The maximum Gasteiger partial charge on any atom is 0.325 e. The van der Waals surface area contributed by atoms with Crippen LogP contribution in [-0.2, 0) is 16.9 Å². The number of carbonyl (C=O) groups excluding carboxylic acids is 2. The van der Waals surface area contributed by atoms with Gasteiger partial charge in [0.2, 0.25) is 0 Å². The molecule has 2 aromatic rings. The summed E-state index contributed by atoms with van der Waals surface area (Å²) in [6, 6.07) is 10.1. The van der Waals surface area contributed by atoms with Gasteiger partial charge in [0.1, 0.15) is 11.5 Å². The van der Waals surface area contributed by atoms with Gasteiger partial charge in [-0.05, 0) is 43.7 Å². The molecule has 0 radical (unpaired) electrons. The number of amides is 3. The minimum atomic E-state index is -1.18. The van der Waals surface area contributed by atoms with Crippen LogP contribution in [0, 0.1) is 6.92 Å². The quantitative estimate of drug-likeness (QED) is 0.884. The third-order valence-electron chi connectivity index (χ3n) is 3.74. The average molecular weight is 319 g/mol. The maximum absolute atomic E-state index is 12.7. The molecular weight excluding hydrogens is 304 g/mol. The number of aryl methyl sites for hydroxylation is 1. The second-order valence-electron chi connectivity index (χ2n) is 5.49. The van der Waals surface area contributed by atoms with E-state index >= 15 is 0 Å². The summed E-state index contributed by atoms with van der Waals surface area (Å²) < 4.78 is 5.52. The van der Waals surface area contributed by atoms with Crippen LogP contribution in [0.15, 0.2) is 40.8 Å². The molecule has 22 heavy (non-hydrogen) atoms. The van der Waals surface area contributed by atoms with Gasteiger partial charge < -0.3 is 9.73 Å². The highest BCUT2D eigenvalue weighted by atomic mass is 35.5. The van der Waals surface area contributed by atoms with E-state index in [0.29, 0.717) is 16.5 Å². The predicted molar refractivity (Wildman–Crippen MR) is 81.3 cm³/mol. The molecule has 3 rings (SSSR count). The number of nitrogens with zero attached hydrogens (tertiary/aromatic N) is 1. The number of carbonyl (C=O) groups is 2. The zero-order valence-corrected chi connectivity index (χ0v) is 13.0. The Morgan fingerprint density at radius 3 is 2.68 bits per heavy atom. The van der Waals surface area contributed by atoms with E-state index in [4.69, 9.17) is 16.0 Å². The van der Waals surface area contributed by atoms with Crippen molar-refractivity contribution in [2.45, 2.75) is 25.9 Å². The lowest BCUT2D eigenvalue weighted by Crippen LogP contribution is -2.40. The molecular formula is C16H15ClN2O3. The molecule has 3 amide bonds. The summed E-state index contributed by atoms with van der Waals surface area (Å²) >= 11 is 5.94. The number of nitrogens with one attached hydrogen (secondary N) is 1. The van der Waals surface area contributed by atoms with E-state index < -0.39 is 11.6 Å². The fourth-order valence-corrected chi connectivity index (χ4v) is 2.74. The van der Waals surface area contributed by atoms with Crippen LogP contribution in [-0.4, -0.2) is 16.8 Å². The van der Waals surface area contributed by atoms with Gasteiger partial charge >= 0.3 is 6.03 Å². The number of urea groups is 1. The zero-order chi connectivity index (χ0) is 15.9. The van der Waals surface area contributed by atoms with Crippen LogP contribution in [0.25, 0.3) is 0 Å². The van der Waals surface area contributed by atoms with Gasteiger partial charge in [0.15, 0.2) is 5.54 Å². The van der Waals surface area contributed by atoms with Crippen molar-refractivity contribution < 1.29 is 14.0 Å². The molecule has 1 aliphatic heterocycles. The molecule has 114 valence electrons. The number of hydrogen-bond acceptors (Lipinski definition) is 3. The van der Waals surface area contributed by atoms with Crippen molar-refractivity contribution >= 4 is 23.5 Å². The number of hydrogen-bond donors (Lipinski definition) is 1. The van der Waals surface area contributed by atoms with Gasteiger partial charge in [-0.25, -0.2) is 4.79 Å². The van der Waals surface area contributed by atoms with Crippen molar-refractivity contribution in [2.75, 3.05) is 0 Å². The zero-order valence-electron chi connectivity index (χ0n) is 12.2. The molecule has 1 aliphatic rings. The molecule has 6 heteroatoms. The molecule has 0 unspecified atom stereocenters. The molecule has 2 heterocycles. The monoisotopic (exact) mass is 318 g/mol. The summed E-state index contributed by atoms with van der Waals surface area (Å²) in [4.78, 5) is 26.0. The molecule has 0 saturated carbocycles. The molecule has 1 aromatic heterocycles.